The lowest BCUT2D eigenvalue weighted by Gasteiger charge is -2.55. The molecule has 15 heavy (non-hydrogen) atoms. The van der Waals surface area contributed by atoms with Gasteiger partial charge in [0.15, 0.2) is 0 Å². The van der Waals surface area contributed by atoms with Gasteiger partial charge in [-0.15, -0.1) is 0 Å². The number of likely N-dealkylation sites (tertiary alicyclic amines) is 1. The molecule has 2 fully saturated rings. The number of hydrogen-bond acceptors (Lipinski definition) is 1. The largest absolute Gasteiger partial charge is 0.288 e. The zero-order valence-corrected chi connectivity index (χ0v) is 11.5. The molecule has 2 bridgehead atoms. The third-order valence-corrected chi connectivity index (χ3v) is 4.80. The number of rotatable bonds is 0. The molecule has 0 N–H and O–H groups in total. The van der Waals surface area contributed by atoms with Crippen molar-refractivity contribution in [2.75, 3.05) is 0 Å². The summed E-state index contributed by atoms with van der Waals surface area (Å²) in [6.45, 7) is 16.9. The number of hydrogen-bond donors (Lipinski definition) is 0. The van der Waals surface area contributed by atoms with E-state index in [1.807, 2.05) is 0 Å². The van der Waals surface area contributed by atoms with Crippen LogP contribution in [0.25, 0.3) is 0 Å². The van der Waals surface area contributed by atoms with Crippen molar-refractivity contribution < 1.29 is 0 Å². The van der Waals surface area contributed by atoms with Gasteiger partial charge in [-0.3, -0.25) is 4.90 Å². The molecule has 88 valence electrons. The Hall–Kier alpha value is -0.0400. The van der Waals surface area contributed by atoms with Crippen molar-refractivity contribution >= 4 is 0 Å². The lowest BCUT2D eigenvalue weighted by atomic mass is 9.77. The van der Waals surface area contributed by atoms with Crippen LogP contribution < -0.4 is 0 Å². The van der Waals surface area contributed by atoms with Gasteiger partial charge in [0.05, 0.1) is 0 Å². The molecule has 1 heteroatoms. The van der Waals surface area contributed by atoms with E-state index in [2.05, 4.69) is 53.4 Å². The van der Waals surface area contributed by atoms with Gasteiger partial charge in [0.25, 0.3) is 0 Å². The van der Waals surface area contributed by atoms with Crippen molar-refractivity contribution in [1.29, 1.82) is 0 Å². The molecule has 1 aliphatic carbocycles. The molecule has 1 saturated carbocycles. The molecule has 1 nitrogen and oxygen atoms in total. The van der Waals surface area contributed by atoms with Gasteiger partial charge >= 0.3 is 0 Å². The summed E-state index contributed by atoms with van der Waals surface area (Å²) in [5.41, 5.74) is 1.13. The average Bonchev–Trinajstić information content (AvgIpc) is 2.30. The predicted molar refractivity (Wildman–Crippen MR) is 66.0 cm³/mol. The monoisotopic (exact) mass is 209 g/mol. The van der Waals surface area contributed by atoms with Crippen molar-refractivity contribution in [1.82, 2.24) is 4.90 Å². The molecule has 2 aliphatic rings. The zero-order valence-electron chi connectivity index (χ0n) is 11.5. The van der Waals surface area contributed by atoms with Crippen molar-refractivity contribution in [2.45, 2.75) is 77.9 Å². The zero-order chi connectivity index (χ0) is 11.6. The third-order valence-electron chi connectivity index (χ3n) is 4.80. The maximum Gasteiger partial charge on any atom is 0.0198 e. The summed E-state index contributed by atoms with van der Waals surface area (Å²) in [6.07, 6.45) is 2.79. The summed E-state index contributed by atoms with van der Waals surface area (Å²) in [7, 11) is 0. The van der Waals surface area contributed by atoms with Crippen molar-refractivity contribution in [3.63, 3.8) is 0 Å². The third kappa shape index (κ3) is 1.39. The van der Waals surface area contributed by atoms with E-state index in [4.69, 9.17) is 0 Å². The van der Waals surface area contributed by atoms with Crippen molar-refractivity contribution in [3.8, 4) is 0 Å². The molecular weight excluding hydrogens is 182 g/mol. The number of nitrogens with zero attached hydrogens (tertiary/aromatic N) is 1. The minimum atomic E-state index is 0.299. The van der Waals surface area contributed by atoms with Gasteiger partial charge < -0.3 is 0 Å². The van der Waals surface area contributed by atoms with Crippen molar-refractivity contribution in [2.24, 2.45) is 11.8 Å². The molecule has 2 rings (SSSR count). The molecule has 0 amide bonds. The van der Waals surface area contributed by atoms with Crippen LogP contribution in [0.1, 0.15) is 61.3 Å². The summed E-state index contributed by atoms with van der Waals surface area (Å²) >= 11 is 0. The van der Waals surface area contributed by atoms with Gasteiger partial charge in [0, 0.05) is 16.6 Å². The highest BCUT2D eigenvalue weighted by atomic mass is 15.3. The van der Waals surface area contributed by atoms with Crippen molar-refractivity contribution in [3.05, 3.63) is 0 Å². The van der Waals surface area contributed by atoms with E-state index < -0.39 is 0 Å². The van der Waals surface area contributed by atoms with Crippen LogP contribution in [-0.4, -0.2) is 21.5 Å². The maximum atomic E-state index is 2.79. The van der Waals surface area contributed by atoms with Crippen LogP contribution in [0, 0.1) is 11.8 Å². The molecule has 1 saturated heterocycles. The Labute approximate surface area is 95.2 Å². The SMILES string of the molecule is C[C@@H]1C[C@@]2(C)C[C@@H]1C(C)(C)N2C(C)(C)C. The fourth-order valence-electron chi connectivity index (χ4n) is 5.26. The Morgan fingerprint density at radius 3 is 1.93 bits per heavy atom. The normalized spacial score (nSPS) is 45.0. The fraction of sp³-hybridized carbons (Fsp3) is 1.00. The van der Waals surface area contributed by atoms with Crippen LogP contribution in [0.5, 0.6) is 0 Å². The molecule has 0 unspecified atom stereocenters. The first-order valence-electron chi connectivity index (χ1n) is 6.39. The van der Waals surface area contributed by atoms with E-state index in [9.17, 15) is 0 Å². The molecule has 1 aliphatic heterocycles. The maximum absolute atomic E-state index is 2.79. The molecule has 0 aromatic rings. The summed E-state index contributed by atoms with van der Waals surface area (Å²) in [6, 6.07) is 0. The van der Waals surface area contributed by atoms with Gasteiger partial charge in [0.1, 0.15) is 0 Å². The Morgan fingerprint density at radius 2 is 1.60 bits per heavy atom. The lowest BCUT2D eigenvalue weighted by Crippen LogP contribution is -2.62. The Kier molecular flexibility index (Phi) is 2.13. The van der Waals surface area contributed by atoms with Crippen LogP contribution in [0.2, 0.25) is 0 Å². The summed E-state index contributed by atoms with van der Waals surface area (Å²) in [5, 5.41) is 0. The van der Waals surface area contributed by atoms with E-state index in [1.165, 1.54) is 12.8 Å². The number of piperidine rings is 1. The first kappa shape index (κ1) is 11.4. The van der Waals surface area contributed by atoms with Crippen LogP contribution in [-0.2, 0) is 0 Å². The second-order valence-electron chi connectivity index (χ2n) is 7.65. The predicted octanol–water partition coefficient (Wildman–Crippen LogP) is 3.68. The molecule has 1 heterocycles. The van der Waals surface area contributed by atoms with Gasteiger partial charge in [-0.2, -0.15) is 0 Å². The molecular formula is C14H27N. The lowest BCUT2D eigenvalue weighted by molar-refractivity contribution is -0.0649. The van der Waals surface area contributed by atoms with E-state index in [-0.39, 0.29) is 0 Å². The van der Waals surface area contributed by atoms with E-state index in [1.54, 1.807) is 0 Å². The highest BCUT2D eigenvalue weighted by Crippen LogP contribution is 2.60. The topological polar surface area (TPSA) is 3.24 Å². The number of fused-ring (bicyclic) bond motifs is 2. The quantitative estimate of drug-likeness (QED) is 0.588. The molecule has 0 spiro atoms. The summed E-state index contributed by atoms with van der Waals surface area (Å²) < 4.78 is 0. The van der Waals surface area contributed by atoms with Crippen LogP contribution >= 0.6 is 0 Å². The van der Waals surface area contributed by atoms with Gasteiger partial charge in [0.2, 0.25) is 0 Å². The summed E-state index contributed by atoms with van der Waals surface area (Å²) in [5.74, 6) is 1.80. The Morgan fingerprint density at radius 1 is 1.07 bits per heavy atom. The smallest absolute Gasteiger partial charge is 0.0198 e. The Balaban J connectivity index is 2.42. The van der Waals surface area contributed by atoms with E-state index in [0.717, 1.165) is 11.8 Å². The standard InChI is InChI=1S/C14H27N/c1-10-8-14(7)9-11(10)13(5,6)15(14)12(2,3)4/h10-11H,8-9H2,1-7H3/t10-,11+,14+/m1/s1. The first-order chi connectivity index (χ1) is 6.59. The molecule has 0 radical (unpaired) electrons. The average molecular weight is 209 g/mol. The molecule has 3 atom stereocenters. The van der Waals surface area contributed by atoms with Gasteiger partial charge in [-0.1, -0.05) is 6.92 Å². The van der Waals surface area contributed by atoms with E-state index >= 15 is 0 Å². The van der Waals surface area contributed by atoms with Gasteiger partial charge in [-0.05, 0) is 66.2 Å². The van der Waals surface area contributed by atoms with Crippen LogP contribution in [0.3, 0.4) is 0 Å². The first-order valence-corrected chi connectivity index (χ1v) is 6.39. The van der Waals surface area contributed by atoms with Gasteiger partial charge in [-0.25, -0.2) is 0 Å². The van der Waals surface area contributed by atoms with Crippen LogP contribution in [0.4, 0.5) is 0 Å². The second-order valence-corrected chi connectivity index (χ2v) is 7.65. The fourth-order valence-corrected chi connectivity index (χ4v) is 5.26. The minimum absolute atomic E-state index is 0.299. The highest BCUT2D eigenvalue weighted by Gasteiger charge is 2.62. The molecule has 0 aromatic carbocycles. The minimum Gasteiger partial charge on any atom is -0.288 e. The highest BCUT2D eigenvalue weighted by molar-refractivity contribution is 5.17. The molecule has 0 aromatic heterocycles. The second kappa shape index (κ2) is 2.80. The van der Waals surface area contributed by atoms with E-state index in [0.29, 0.717) is 16.6 Å². The Bertz CT molecular complexity index is 269. The van der Waals surface area contributed by atoms with Crippen LogP contribution in [0.15, 0.2) is 0 Å². The summed E-state index contributed by atoms with van der Waals surface area (Å²) in [4.78, 5) is 2.79.